The summed E-state index contributed by atoms with van der Waals surface area (Å²) in [5.74, 6) is 0.777. The Balaban J connectivity index is 1.73. The zero-order valence-electron chi connectivity index (χ0n) is 17.8. The van der Waals surface area contributed by atoms with Crippen LogP contribution in [-0.4, -0.2) is 8.42 Å². The molecule has 0 aliphatic carbocycles. The number of nitrogens with one attached hydrogen (secondary N) is 2. The number of sulfonamides is 1. The minimum Gasteiger partial charge on any atom is -0.468 e. The lowest BCUT2D eigenvalue weighted by Gasteiger charge is -2.29. The van der Waals surface area contributed by atoms with Crippen LogP contribution in [-0.2, 0) is 16.6 Å². The van der Waals surface area contributed by atoms with Crippen molar-refractivity contribution in [1.82, 2.24) is 10.0 Å². The highest BCUT2D eigenvalue weighted by atomic mass is 32.2. The highest BCUT2D eigenvalue weighted by Crippen LogP contribution is 2.31. The molecule has 0 saturated carbocycles. The molecular weight excluding hydrogens is 420 g/mol. The van der Waals surface area contributed by atoms with Crippen LogP contribution < -0.4 is 10.0 Å². The Labute approximate surface area is 189 Å². The van der Waals surface area contributed by atoms with Crippen LogP contribution in [0.4, 0.5) is 0 Å². The van der Waals surface area contributed by atoms with Crippen molar-refractivity contribution in [2.24, 2.45) is 0 Å². The summed E-state index contributed by atoms with van der Waals surface area (Å²) in [6, 6.07) is 29.2. The van der Waals surface area contributed by atoms with Crippen LogP contribution in [0.15, 0.2) is 113 Å². The SMILES string of the molecule is Cc1ccc(S(=O)(=O)N[C@H](c2ccccc2)[C@H](NCc2ccco2)c2ccccc2)cc1. The van der Waals surface area contributed by atoms with Crippen molar-refractivity contribution in [3.63, 3.8) is 0 Å². The van der Waals surface area contributed by atoms with E-state index < -0.39 is 16.1 Å². The summed E-state index contributed by atoms with van der Waals surface area (Å²) >= 11 is 0. The predicted molar refractivity (Wildman–Crippen MR) is 125 cm³/mol. The first kappa shape index (κ1) is 22.0. The zero-order valence-corrected chi connectivity index (χ0v) is 18.6. The largest absolute Gasteiger partial charge is 0.468 e. The molecule has 0 spiro atoms. The van der Waals surface area contributed by atoms with Crippen molar-refractivity contribution >= 4 is 10.0 Å². The van der Waals surface area contributed by atoms with Crippen LogP contribution in [0, 0.1) is 6.92 Å². The monoisotopic (exact) mass is 446 g/mol. The Hall–Kier alpha value is -3.19. The predicted octanol–water partition coefficient (Wildman–Crippen LogP) is 5.14. The maximum atomic E-state index is 13.3. The van der Waals surface area contributed by atoms with Gasteiger partial charge in [-0.15, -0.1) is 0 Å². The van der Waals surface area contributed by atoms with E-state index >= 15 is 0 Å². The van der Waals surface area contributed by atoms with Gasteiger partial charge in [0.1, 0.15) is 5.76 Å². The van der Waals surface area contributed by atoms with E-state index in [0.717, 1.165) is 22.5 Å². The lowest BCUT2D eigenvalue weighted by Crippen LogP contribution is -2.38. The maximum Gasteiger partial charge on any atom is 0.241 e. The Morgan fingerprint density at radius 3 is 1.91 bits per heavy atom. The molecule has 0 saturated heterocycles. The van der Waals surface area contributed by atoms with Crippen LogP contribution in [0.25, 0.3) is 0 Å². The minimum atomic E-state index is -3.76. The number of hydrogen-bond acceptors (Lipinski definition) is 4. The normalized spacial score (nSPS) is 13.5. The number of furan rings is 1. The molecule has 0 radical (unpaired) electrons. The summed E-state index contributed by atoms with van der Waals surface area (Å²) in [5, 5.41) is 3.50. The summed E-state index contributed by atoms with van der Waals surface area (Å²) in [6.07, 6.45) is 1.63. The molecule has 0 fully saturated rings. The Morgan fingerprint density at radius 1 is 0.750 bits per heavy atom. The van der Waals surface area contributed by atoms with Crippen molar-refractivity contribution in [2.45, 2.75) is 30.4 Å². The minimum absolute atomic E-state index is 0.238. The number of benzene rings is 3. The average Bonchev–Trinajstić information content (AvgIpc) is 3.34. The maximum absolute atomic E-state index is 13.3. The van der Waals surface area contributed by atoms with E-state index in [9.17, 15) is 8.42 Å². The summed E-state index contributed by atoms with van der Waals surface area (Å²) in [5.41, 5.74) is 2.84. The molecule has 32 heavy (non-hydrogen) atoms. The second-order valence-electron chi connectivity index (χ2n) is 7.67. The van der Waals surface area contributed by atoms with Gasteiger partial charge < -0.3 is 9.73 Å². The molecule has 3 aromatic carbocycles. The van der Waals surface area contributed by atoms with Crippen LogP contribution in [0.3, 0.4) is 0 Å². The summed E-state index contributed by atoms with van der Waals surface area (Å²) in [4.78, 5) is 0.238. The van der Waals surface area contributed by atoms with Gasteiger partial charge in [-0.05, 0) is 42.3 Å². The van der Waals surface area contributed by atoms with Gasteiger partial charge in [0.15, 0.2) is 0 Å². The highest BCUT2D eigenvalue weighted by molar-refractivity contribution is 7.89. The Morgan fingerprint density at radius 2 is 1.34 bits per heavy atom. The number of rotatable bonds is 9. The van der Waals surface area contributed by atoms with Crippen LogP contribution in [0.1, 0.15) is 34.5 Å². The first-order chi connectivity index (χ1) is 15.5. The van der Waals surface area contributed by atoms with Gasteiger partial charge in [0.25, 0.3) is 0 Å². The van der Waals surface area contributed by atoms with Crippen LogP contribution >= 0.6 is 0 Å². The van der Waals surface area contributed by atoms with Crippen LogP contribution in [0.5, 0.6) is 0 Å². The third-order valence-corrected chi connectivity index (χ3v) is 6.80. The first-order valence-electron chi connectivity index (χ1n) is 10.5. The number of hydrogen-bond donors (Lipinski definition) is 2. The molecule has 0 amide bonds. The summed E-state index contributed by atoms with van der Waals surface area (Å²) < 4.78 is 35.1. The van der Waals surface area contributed by atoms with Gasteiger partial charge in [-0.3, -0.25) is 0 Å². The molecule has 4 rings (SSSR count). The third-order valence-electron chi connectivity index (χ3n) is 5.34. The fourth-order valence-electron chi connectivity index (χ4n) is 3.65. The van der Waals surface area contributed by atoms with E-state index in [1.165, 1.54) is 0 Å². The molecule has 0 unspecified atom stereocenters. The average molecular weight is 447 g/mol. The standard InChI is InChI=1S/C26H26N2O3S/c1-20-14-16-24(17-15-20)32(29,30)28-26(22-11-6-3-7-12-22)25(21-9-4-2-5-10-21)27-19-23-13-8-18-31-23/h2-18,25-28H,19H2,1H3/t25-,26-/m1/s1. The lowest BCUT2D eigenvalue weighted by molar-refractivity contribution is 0.394. The summed E-state index contributed by atoms with van der Waals surface area (Å²) in [6.45, 7) is 2.39. The second kappa shape index (κ2) is 9.96. The molecule has 4 aromatic rings. The second-order valence-corrected chi connectivity index (χ2v) is 9.39. The van der Waals surface area contributed by atoms with E-state index in [2.05, 4.69) is 10.0 Å². The first-order valence-corrected chi connectivity index (χ1v) is 12.0. The molecule has 0 bridgehead atoms. The van der Waals surface area contributed by atoms with Gasteiger partial charge in [0.05, 0.1) is 29.8 Å². The fraction of sp³-hybridized carbons (Fsp3) is 0.154. The topological polar surface area (TPSA) is 71.3 Å². The Bertz CT molecular complexity index is 1210. The van der Waals surface area contributed by atoms with E-state index in [-0.39, 0.29) is 10.9 Å². The van der Waals surface area contributed by atoms with Crippen molar-refractivity contribution in [1.29, 1.82) is 0 Å². The van der Waals surface area contributed by atoms with Gasteiger partial charge in [0, 0.05) is 0 Å². The molecule has 0 aliphatic rings. The van der Waals surface area contributed by atoms with Gasteiger partial charge in [-0.25, -0.2) is 13.1 Å². The highest BCUT2D eigenvalue weighted by Gasteiger charge is 2.29. The van der Waals surface area contributed by atoms with E-state index in [1.54, 1.807) is 30.5 Å². The van der Waals surface area contributed by atoms with Gasteiger partial charge in [-0.1, -0.05) is 78.4 Å². The zero-order chi connectivity index (χ0) is 22.4. The van der Waals surface area contributed by atoms with Crippen LogP contribution in [0.2, 0.25) is 0 Å². The lowest BCUT2D eigenvalue weighted by atomic mass is 9.94. The molecule has 1 aromatic heterocycles. The van der Waals surface area contributed by atoms with E-state index in [0.29, 0.717) is 6.54 Å². The Kier molecular flexibility index (Phi) is 6.85. The number of aryl methyl sites for hydroxylation is 1. The van der Waals surface area contributed by atoms with Gasteiger partial charge >= 0.3 is 0 Å². The van der Waals surface area contributed by atoms with Gasteiger partial charge in [-0.2, -0.15) is 0 Å². The molecule has 6 heteroatoms. The molecule has 2 N–H and O–H groups in total. The molecule has 5 nitrogen and oxygen atoms in total. The van der Waals surface area contributed by atoms with Crippen molar-refractivity contribution in [3.05, 3.63) is 126 Å². The van der Waals surface area contributed by atoms with Gasteiger partial charge in [0.2, 0.25) is 10.0 Å². The van der Waals surface area contributed by atoms with Crippen molar-refractivity contribution < 1.29 is 12.8 Å². The smallest absolute Gasteiger partial charge is 0.241 e. The van der Waals surface area contributed by atoms with E-state index in [4.69, 9.17) is 4.42 Å². The molecular formula is C26H26N2O3S. The quantitative estimate of drug-likeness (QED) is 0.374. The molecule has 1 heterocycles. The third kappa shape index (κ3) is 5.34. The summed E-state index contributed by atoms with van der Waals surface area (Å²) in [7, 11) is -3.76. The van der Waals surface area contributed by atoms with Crippen molar-refractivity contribution in [3.8, 4) is 0 Å². The van der Waals surface area contributed by atoms with Crippen molar-refractivity contribution in [2.75, 3.05) is 0 Å². The molecule has 2 atom stereocenters. The molecule has 164 valence electrons. The fourth-order valence-corrected chi connectivity index (χ4v) is 4.89. The van der Waals surface area contributed by atoms with E-state index in [1.807, 2.05) is 79.7 Å². The molecule has 0 aliphatic heterocycles.